The van der Waals surface area contributed by atoms with E-state index in [4.69, 9.17) is 16.3 Å². The first-order valence-corrected chi connectivity index (χ1v) is 11.6. The molecule has 3 aromatic carbocycles. The second-order valence-electron chi connectivity index (χ2n) is 8.43. The van der Waals surface area contributed by atoms with Crippen LogP contribution in [0.3, 0.4) is 0 Å². The molecule has 4 rings (SSSR count). The van der Waals surface area contributed by atoms with Gasteiger partial charge in [0.25, 0.3) is 0 Å². The standard InChI is InChI=1S/C27H25ClN2O5/c1-17(13-25(31)30(15-26(32)33)19-8-6-7-18(28)14-19)29-27(34)35-16-24-22-11-4-2-9-20(22)21-10-3-5-12-23(21)24/h2-12,14,17,24H,13,15-16H2,1H3,(H,29,34)(H,32,33)/t17-/m1/s1. The Kier molecular flexibility index (Phi) is 7.36. The quantitative estimate of drug-likeness (QED) is 0.457. The van der Waals surface area contributed by atoms with E-state index in [1.54, 1.807) is 25.1 Å². The van der Waals surface area contributed by atoms with Crippen LogP contribution in [0.2, 0.25) is 5.02 Å². The molecule has 35 heavy (non-hydrogen) atoms. The predicted molar refractivity (Wildman–Crippen MR) is 134 cm³/mol. The molecule has 1 aliphatic carbocycles. The summed E-state index contributed by atoms with van der Waals surface area (Å²) in [6.07, 6.45) is -0.746. The van der Waals surface area contributed by atoms with E-state index in [2.05, 4.69) is 17.4 Å². The van der Waals surface area contributed by atoms with Gasteiger partial charge in [-0.05, 0) is 47.4 Å². The molecule has 3 aromatic rings. The van der Waals surface area contributed by atoms with Gasteiger partial charge in [-0.25, -0.2) is 4.79 Å². The number of carboxylic acid groups (broad SMARTS) is 1. The van der Waals surface area contributed by atoms with Crippen LogP contribution >= 0.6 is 11.6 Å². The molecular weight excluding hydrogens is 468 g/mol. The Morgan fingerprint density at radius 2 is 1.63 bits per heavy atom. The predicted octanol–water partition coefficient (Wildman–Crippen LogP) is 5.07. The van der Waals surface area contributed by atoms with Gasteiger partial charge in [-0.1, -0.05) is 66.2 Å². The lowest BCUT2D eigenvalue weighted by molar-refractivity contribution is -0.136. The minimum Gasteiger partial charge on any atom is -0.480 e. The number of anilines is 1. The van der Waals surface area contributed by atoms with Crippen molar-refractivity contribution in [3.63, 3.8) is 0 Å². The number of nitrogens with one attached hydrogen (secondary N) is 1. The molecule has 0 spiro atoms. The number of hydrogen-bond acceptors (Lipinski definition) is 4. The lowest BCUT2D eigenvalue weighted by atomic mass is 9.98. The fourth-order valence-electron chi connectivity index (χ4n) is 4.37. The number of aliphatic carboxylic acids is 1. The number of nitrogens with zero attached hydrogens (tertiary/aromatic N) is 1. The lowest BCUT2D eigenvalue weighted by Gasteiger charge is -2.23. The Hall–Kier alpha value is -3.84. The highest BCUT2D eigenvalue weighted by atomic mass is 35.5. The van der Waals surface area contributed by atoms with Gasteiger partial charge in [-0.2, -0.15) is 0 Å². The molecule has 7 nitrogen and oxygen atoms in total. The van der Waals surface area contributed by atoms with Crippen molar-refractivity contribution in [2.75, 3.05) is 18.1 Å². The third-order valence-corrected chi connectivity index (χ3v) is 6.14. The zero-order chi connectivity index (χ0) is 24.9. The maximum atomic E-state index is 12.9. The maximum absolute atomic E-state index is 12.9. The molecule has 0 aromatic heterocycles. The van der Waals surface area contributed by atoms with Gasteiger partial charge in [-0.15, -0.1) is 0 Å². The Morgan fingerprint density at radius 1 is 1.00 bits per heavy atom. The third kappa shape index (κ3) is 5.63. The molecule has 0 bridgehead atoms. The molecular formula is C27H25ClN2O5. The van der Waals surface area contributed by atoms with E-state index in [-0.39, 0.29) is 18.9 Å². The molecule has 0 fully saturated rings. The van der Waals surface area contributed by atoms with Crippen LogP contribution in [0.4, 0.5) is 10.5 Å². The summed E-state index contributed by atoms with van der Waals surface area (Å²) in [5.74, 6) is -1.68. The van der Waals surface area contributed by atoms with Gasteiger partial charge in [0.1, 0.15) is 13.2 Å². The molecule has 1 aliphatic rings. The van der Waals surface area contributed by atoms with Gasteiger partial charge >= 0.3 is 12.1 Å². The second kappa shape index (κ2) is 10.6. The van der Waals surface area contributed by atoms with Gasteiger partial charge in [0.15, 0.2) is 0 Å². The van der Waals surface area contributed by atoms with E-state index in [1.165, 1.54) is 6.07 Å². The van der Waals surface area contributed by atoms with E-state index < -0.39 is 30.6 Å². The van der Waals surface area contributed by atoms with E-state index in [9.17, 15) is 19.5 Å². The fourth-order valence-corrected chi connectivity index (χ4v) is 4.55. The molecule has 0 saturated heterocycles. The van der Waals surface area contributed by atoms with Crippen molar-refractivity contribution in [2.24, 2.45) is 0 Å². The molecule has 180 valence electrons. The van der Waals surface area contributed by atoms with Crippen LogP contribution < -0.4 is 10.2 Å². The fraction of sp³-hybridized carbons (Fsp3) is 0.222. The number of alkyl carbamates (subject to hydrolysis) is 1. The largest absolute Gasteiger partial charge is 0.480 e. The second-order valence-corrected chi connectivity index (χ2v) is 8.86. The Labute approximate surface area is 208 Å². The van der Waals surface area contributed by atoms with Crippen molar-refractivity contribution in [1.29, 1.82) is 0 Å². The number of carboxylic acids is 1. The van der Waals surface area contributed by atoms with E-state index in [1.807, 2.05) is 36.4 Å². The summed E-state index contributed by atoms with van der Waals surface area (Å²) >= 11 is 6.00. The van der Waals surface area contributed by atoms with Gasteiger partial charge in [0.05, 0.1) is 0 Å². The van der Waals surface area contributed by atoms with Crippen molar-refractivity contribution in [2.45, 2.75) is 25.3 Å². The highest BCUT2D eigenvalue weighted by Gasteiger charge is 2.29. The number of carbonyl (C=O) groups excluding carboxylic acids is 2. The number of ether oxygens (including phenoxy) is 1. The molecule has 2 amide bonds. The molecule has 0 saturated carbocycles. The third-order valence-electron chi connectivity index (χ3n) is 5.90. The first kappa shape index (κ1) is 24.3. The summed E-state index contributed by atoms with van der Waals surface area (Å²) in [7, 11) is 0. The Balaban J connectivity index is 1.36. The molecule has 0 radical (unpaired) electrons. The Bertz CT molecular complexity index is 1220. The topological polar surface area (TPSA) is 95.9 Å². The van der Waals surface area contributed by atoms with Crippen LogP contribution in [-0.2, 0) is 14.3 Å². The van der Waals surface area contributed by atoms with E-state index in [0.717, 1.165) is 27.2 Å². The van der Waals surface area contributed by atoms with Crippen LogP contribution in [0.5, 0.6) is 0 Å². The van der Waals surface area contributed by atoms with Crippen molar-refractivity contribution in [3.05, 3.63) is 88.9 Å². The molecule has 8 heteroatoms. The maximum Gasteiger partial charge on any atom is 0.407 e. The summed E-state index contributed by atoms with van der Waals surface area (Å²) in [5.41, 5.74) is 4.86. The zero-order valence-corrected chi connectivity index (χ0v) is 19.9. The van der Waals surface area contributed by atoms with Crippen molar-refractivity contribution in [3.8, 4) is 11.1 Å². The van der Waals surface area contributed by atoms with Crippen LogP contribution in [0, 0.1) is 0 Å². The first-order chi connectivity index (χ1) is 16.8. The van der Waals surface area contributed by atoms with Crippen LogP contribution in [0.1, 0.15) is 30.4 Å². The number of amides is 2. The number of hydrogen-bond donors (Lipinski definition) is 2. The minimum absolute atomic E-state index is 0.0704. The average Bonchev–Trinajstić information content (AvgIpc) is 3.14. The molecule has 0 unspecified atom stereocenters. The zero-order valence-electron chi connectivity index (χ0n) is 19.1. The van der Waals surface area contributed by atoms with E-state index in [0.29, 0.717) is 10.7 Å². The van der Waals surface area contributed by atoms with Crippen LogP contribution in [0.25, 0.3) is 11.1 Å². The smallest absolute Gasteiger partial charge is 0.407 e. The molecule has 0 aliphatic heterocycles. The van der Waals surface area contributed by atoms with Gasteiger partial charge < -0.3 is 20.1 Å². The number of fused-ring (bicyclic) bond motifs is 3. The summed E-state index contributed by atoms with van der Waals surface area (Å²) in [6, 6.07) is 21.9. The van der Waals surface area contributed by atoms with Gasteiger partial charge in [-0.3, -0.25) is 9.59 Å². The number of benzene rings is 3. The lowest BCUT2D eigenvalue weighted by Crippen LogP contribution is -2.41. The first-order valence-electron chi connectivity index (χ1n) is 11.2. The normalized spacial score (nSPS) is 12.9. The van der Waals surface area contributed by atoms with Gasteiger partial charge in [0, 0.05) is 29.1 Å². The number of carbonyl (C=O) groups is 3. The van der Waals surface area contributed by atoms with Crippen molar-refractivity contribution < 1.29 is 24.2 Å². The SMILES string of the molecule is C[C@H](CC(=O)N(CC(=O)O)c1cccc(Cl)c1)NC(=O)OCC1c2ccccc2-c2ccccc21. The van der Waals surface area contributed by atoms with E-state index >= 15 is 0 Å². The molecule has 2 N–H and O–H groups in total. The average molecular weight is 493 g/mol. The minimum atomic E-state index is -1.16. The monoisotopic (exact) mass is 492 g/mol. The van der Waals surface area contributed by atoms with Gasteiger partial charge in [0.2, 0.25) is 5.91 Å². The highest BCUT2D eigenvalue weighted by molar-refractivity contribution is 6.31. The Morgan fingerprint density at radius 3 is 2.23 bits per heavy atom. The number of rotatable bonds is 8. The van der Waals surface area contributed by atoms with Crippen LogP contribution in [-0.4, -0.2) is 42.3 Å². The summed E-state index contributed by atoms with van der Waals surface area (Å²) in [6.45, 7) is 1.31. The number of halogens is 1. The summed E-state index contributed by atoms with van der Waals surface area (Å²) < 4.78 is 5.53. The van der Waals surface area contributed by atoms with Crippen LogP contribution in [0.15, 0.2) is 72.8 Å². The summed E-state index contributed by atoms with van der Waals surface area (Å²) in [5, 5.41) is 12.3. The molecule has 1 atom stereocenters. The molecule has 0 heterocycles. The summed E-state index contributed by atoms with van der Waals surface area (Å²) in [4.78, 5) is 37.8. The highest BCUT2D eigenvalue weighted by Crippen LogP contribution is 2.44. The van der Waals surface area contributed by atoms with Crippen molar-refractivity contribution in [1.82, 2.24) is 5.32 Å². The van der Waals surface area contributed by atoms with Crippen molar-refractivity contribution >= 4 is 35.3 Å².